The maximum atomic E-state index is 11.6. The zero-order valence-electron chi connectivity index (χ0n) is 10.0. The smallest absolute Gasteiger partial charge is 0.230 e. The third kappa shape index (κ3) is 4.05. The van der Waals surface area contributed by atoms with Crippen LogP contribution in [0.5, 0.6) is 0 Å². The molecule has 90 valence electrons. The number of nitrogens with zero attached hydrogens (tertiary/aromatic N) is 1. The lowest BCUT2D eigenvalue weighted by molar-refractivity contribution is -0.119. The van der Waals surface area contributed by atoms with Gasteiger partial charge < -0.3 is 5.32 Å². The highest BCUT2D eigenvalue weighted by atomic mass is 32.2. The molecule has 1 aliphatic carbocycles. The lowest BCUT2D eigenvalue weighted by Gasteiger charge is -2.34. The predicted molar refractivity (Wildman–Crippen MR) is 67.0 cm³/mol. The summed E-state index contributed by atoms with van der Waals surface area (Å²) in [4.78, 5) is 11.6. The maximum Gasteiger partial charge on any atom is 0.230 e. The van der Waals surface area contributed by atoms with Crippen LogP contribution in [0.3, 0.4) is 0 Å². The fraction of sp³-hybridized carbons (Fsp3) is 0.833. The molecule has 0 aromatic heterocycles. The van der Waals surface area contributed by atoms with Gasteiger partial charge in [-0.2, -0.15) is 5.26 Å². The van der Waals surface area contributed by atoms with Crippen LogP contribution in [0, 0.1) is 23.2 Å². The van der Waals surface area contributed by atoms with Gasteiger partial charge in [-0.25, -0.2) is 0 Å². The Bertz CT molecular complexity index is 275. The van der Waals surface area contributed by atoms with E-state index >= 15 is 0 Å². The molecule has 3 atom stereocenters. The molecule has 1 fully saturated rings. The van der Waals surface area contributed by atoms with Crippen molar-refractivity contribution in [2.45, 2.75) is 39.2 Å². The molecule has 0 unspecified atom stereocenters. The monoisotopic (exact) mass is 240 g/mol. The van der Waals surface area contributed by atoms with E-state index in [4.69, 9.17) is 5.26 Å². The van der Waals surface area contributed by atoms with E-state index in [1.54, 1.807) is 0 Å². The normalized spacial score (nSPS) is 29.4. The van der Waals surface area contributed by atoms with Gasteiger partial charge in [-0.05, 0) is 18.3 Å². The molecule has 1 N–H and O–H groups in total. The Labute approximate surface area is 102 Å². The predicted octanol–water partition coefficient (Wildman–Crippen LogP) is 2.18. The molecule has 16 heavy (non-hydrogen) atoms. The summed E-state index contributed by atoms with van der Waals surface area (Å²) in [5.74, 6) is 2.14. The fourth-order valence-electron chi connectivity index (χ4n) is 2.22. The van der Waals surface area contributed by atoms with Crippen LogP contribution in [-0.2, 0) is 4.79 Å². The Morgan fingerprint density at radius 3 is 2.94 bits per heavy atom. The highest BCUT2D eigenvalue weighted by Crippen LogP contribution is 2.29. The highest BCUT2D eigenvalue weighted by Gasteiger charge is 2.27. The zero-order valence-corrected chi connectivity index (χ0v) is 10.8. The third-order valence-electron chi connectivity index (χ3n) is 3.45. The lowest BCUT2D eigenvalue weighted by atomic mass is 9.78. The van der Waals surface area contributed by atoms with Gasteiger partial charge in [0, 0.05) is 6.04 Å². The molecule has 1 amide bonds. The van der Waals surface area contributed by atoms with E-state index in [9.17, 15) is 4.79 Å². The summed E-state index contributed by atoms with van der Waals surface area (Å²) in [5, 5.41) is 11.5. The second-order valence-corrected chi connectivity index (χ2v) is 5.58. The van der Waals surface area contributed by atoms with Crippen LogP contribution in [0.25, 0.3) is 0 Å². The largest absolute Gasteiger partial charge is 0.352 e. The van der Waals surface area contributed by atoms with Crippen LogP contribution < -0.4 is 5.32 Å². The zero-order chi connectivity index (χ0) is 12.0. The Hall–Kier alpha value is -0.690. The fourth-order valence-corrected chi connectivity index (χ4v) is 2.69. The molecule has 0 bridgehead atoms. The molecule has 1 rings (SSSR count). The minimum atomic E-state index is 0.0752. The van der Waals surface area contributed by atoms with E-state index in [1.165, 1.54) is 24.6 Å². The van der Waals surface area contributed by atoms with Gasteiger partial charge >= 0.3 is 0 Å². The summed E-state index contributed by atoms with van der Waals surface area (Å²) in [6.07, 6.45) is 3.58. The van der Waals surface area contributed by atoms with Gasteiger partial charge in [0.1, 0.15) is 0 Å². The Kier molecular flexibility index (Phi) is 5.68. The number of amides is 1. The van der Waals surface area contributed by atoms with Crippen LogP contribution in [0.15, 0.2) is 0 Å². The first kappa shape index (κ1) is 13.4. The molecule has 0 aliphatic heterocycles. The van der Waals surface area contributed by atoms with Gasteiger partial charge in [-0.3, -0.25) is 4.79 Å². The summed E-state index contributed by atoms with van der Waals surface area (Å²) < 4.78 is 0. The Balaban J connectivity index is 2.30. The van der Waals surface area contributed by atoms with Gasteiger partial charge in [0.25, 0.3) is 0 Å². The third-order valence-corrected chi connectivity index (χ3v) is 4.25. The van der Waals surface area contributed by atoms with Crippen molar-refractivity contribution in [1.82, 2.24) is 5.32 Å². The lowest BCUT2D eigenvalue weighted by Crippen LogP contribution is -2.44. The summed E-state index contributed by atoms with van der Waals surface area (Å²) in [6, 6.07) is 2.36. The van der Waals surface area contributed by atoms with Gasteiger partial charge in [0.2, 0.25) is 5.91 Å². The molecule has 1 saturated carbocycles. The summed E-state index contributed by atoms with van der Waals surface area (Å²) in [5.41, 5.74) is 0. The first-order chi connectivity index (χ1) is 7.65. The van der Waals surface area contributed by atoms with E-state index in [0.717, 1.165) is 6.42 Å². The quantitative estimate of drug-likeness (QED) is 0.766. The summed E-state index contributed by atoms with van der Waals surface area (Å²) >= 11 is 1.38. The average Bonchev–Trinajstić information content (AvgIpc) is 2.25. The first-order valence-electron chi connectivity index (χ1n) is 5.89. The van der Waals surface area contributed by atoms with Crippen LogP contribution in [0.4, 0.5) is 0 Å². The number of hydrogen-bond donors (Lipinski definition) is 1. The van der Waals surface area contributed by atoms with Gasteiger partial charge in [0.15, 0.2) is 0 Å². The number of hydrogen-bond acceptors (Lipinski definition) is 3. The van der Waals surface area contributed by atoms with E-state index in [0.29, 0.717) is 29.4 Å². The number of nitriles is 1. The molecule has 0 spiro atoms. The Morgan fingerprint density at radius 1 is 1.50 bits per heavy atom. The molecule has 0 aromatic carbocycles. The molecular formula is C12H20N2OS. The topological polar surface area (TPSA) is 52.9 Å². The molecule has 0 radical (unpaired) electrons. The number of thioether (sulfide) groups is 1. The maximum absolute atomic E-state index is 11.6. The minimum Gasteiger partial charge on any atom is -0.352 e. The van der Waals surface area contributed by atoms with E-state index in [-0.39, 0.29) is 5.91 Å². The Morgan fingerprint density at radius 2 is 2.25 bits per heavy atom. The van der Waals surface area contributed by atoms with Crippen LogP contribution >= 0.6 is 11.8 Å². The number of rotatable bonds is 4. The van der Waals surface area contributed by atoms with Gasteiger partial charge in [-0.1, -0.05) is 26.7 Å². The van der Waals surface area contributed by atoms with E-state index in [1.807, 2.05) is 6.07 Å². The molecule has 4 heteroatoms. The van der Waals surface area contributed by atoms with Crippen molar-refractivity contribution in [1.29, 1.82) is 5.26 Å². The molecule has 1 aliphatic rings. The van der Waals surface area contributed by atoms with E-state index < -0.39 is 0 Å². The second kappa shape index (κ2) is 6.80. The van der Waals surface area contributed by atoms with Crippen molar-refractivity contribution in [2.75, 3.05) is 11.5 Å². The van der Waals surface area contributed by atoms with Crippen molar-refractivity contribution < 1.29 is 4.79 Å². The number of carbonyl (C=O) groups is 1. The number of carbonyl (C=O) groups excluding carboxylic acids is 1. The van der Waals surface area contributed by atoms with Crippen LogP contribution in [-0.4, -0.2) is 23.5 Å². The van der Waals surface area contributed by atoms with Gasteiger partial charge in [0.05, 0.1) is 17.6 Å². The molecule has 0 heterocycles. The molecular weight excluding hydrogens is 220 g/mol. The second-order valence-electron chi connectivity index (χ2n) is 4.59. The SMILES string of the molecule is C[C@@H]1[C@H](C)CCC[C@H]1NC(=O)CSCC#N. The number of nitrogens with one attached hydrogen (secondary N) is 1. The van der Waals surface area contributed by atoms with Crippen LogP contribution in [0.2, 0.25) is 0 Å². The minimum absolute atomic E-state index is 0.0752. The average molecular weight is 240 g/mol. The van der Waals surface area contributed by atoms with E-state index in [2.05, 4.69) is 19.2 Å². The highest BCUT2D eigenvalue weighted by molar-refractivity contribution is 8.00. The summed E-state index contributed by atoms with van der Waals surface area (Å²) in [6.45, 7) is 4.48. The van der Waals surface area contributed by atoms with Crippen molar-refractivity contribution >= 4 is 17.7 Å². The van der Waals surface area contributed by atoms with Crippen molar-refractivity contribution in [3.63, 3.8) is 0 Å². The first-order valence-corrected chi connectivity index (χ1v) is 7.04. The van der Waals surface area contributed by atoms with Crippen LogP contribution in [0.1, 0.15) is 33.1 Å². The summed E-state index contributed by atoms with van der Waals surface area (Å²) in [7, 11) is 0. The van der Waals surface area contributed by atoms with Crippen molar-refractivity contribution in [3.05, 3.63) is 0 Å². The molecule has 3 nitrogen and oxygen atoms in total. The molecule has 0 saturated heterocycles. The van der Waals surface area contributed by atoms with Crippen molar-refractivity contribution in [3.8, 4) is 6.07 Å². The van der Waals surface area contributed by atoms with Crippen molar-refractivity contribution in [2.24, 2.45) is 11.8 Å². The molecule has 0 aromatic rings. The van der Waals surface area contributed by atoms with Gasteiger partial charge in [-0.15, -0.1) is 11.8 Å². The standard InChI is InChI=1S/C12H20N2OS/c1-9-4-3-5-11(10(9)2)14-12(15)8-16-7-6-13/h9-11H,3-5,7-8H2,1-2H3,(H,14,15)/t9-,10-,11-/m1/s1.